The largest absolute Gasteiger partial charge is 0.379 e. The van der Waals surface area contributed by atoms with Gasteiger partial charge < -0.3 is 15.4 Å². The summed E-state index contributed by atoms with van der Waals surface area (Å²) in [5.74, 6) is 0.845. The van der Waals surface area contributed by atoms with Gasteiger partial charge in [0.15, 0.2) is 0 Å². The van der Waals surface area contributed by atoms with E-state index in [1.165, 1.54) is 0 Å². The van der Waals surface area contributed by atoms with Gasteiger partial charge in [-0.2, -0.15) is 0 Å². The lowest BCUT2D eigenvalue weighted by Gasteiger charge is -2.39. The zero-order valence-electron chi connectivity index (χ0n) is 12.4. The predicted molar refractivity (Wildman–Crippen MR) is 74.8 cm³/mol. The van der Waals surface area contributed by atoms with Crippen LogP contribution in [0.3, 0.4) is 0 Å². The second kappa shape index (κ2) is 5.77. The molecule has 0 radical (unpaired) electrons. The van der Waals surface area contributed by atoms with E-state index in [9.17, 15) is 4.79 Å². The average molecular weight is 269 g/mol. The molecule has 0 aliphatic carbocycles. The summed E-state index contributed by atoms with van der Waals surface area (Å²) in [6, 6.07) is -0.173. The Balaban J connectivity index is 1.89. The smallest absolute Gasteiger partial charge is 0.232 e. The van der Waals surface area contributed by atoms with Crippen LogP contribution in [0.4, 0.5) is 0 Å². The van der Waals surface area contributed by atoms with Gasteiger partial charge in [-0.3, -0.25) is 9.69 Å². The number of nitrogens with zero attached hydrogens (tertiary/aromatic N) is 2. The van der Waals surface area contributed by atoms with Crippen molar-refractivity contribution in [1.82, 2.24) is 9.80 Å². The van der Waals surface area contributed by atoms with E-state index in [4.69, 9.17) is 10.5 Å². The summed E-state index contributed by atoms with van der Waals surface area (Å²) < 4.78 is 5.38. The van der Waals surface area contributed by atoms with Crippen LogP contribution in [0.5, 0.6) is 0 Å². The molecule has 19 heavy (non-hydrogen) atoms. The standard InChI is InChI=1S/C14H27N3O2/c1-11(2)8-16-4-6-17(7-5-16)13(18)14(3)10-19-9-12(14)15/h11-12H,4-10,15H2,1-3H3. The van der Waals surface area contributed by atoms with Gasteiger partial charge in [-0.25, -0.2) is 0 Å². The molecule has 2 rings (SSSR count). The molecule has 0 saturated carbocycles. The molecule has 2 unspecified atom stereocenters. The van der Waals surface area contributed by atoms with E-state index >= 15 is 0 Å². The van der Waals surface area contributed by atoms with Crippen LogP contribution in [0.2, 0.25) is 0 Å². The first-order valence-electron chi connectivity index (χ1n) is 7.28. The zero-order valence-corrected chi connectivity index (χ0v) is 12.4. The van der Waals surface area contributed by atoms with Gasteiger partial charge in [0.1, 0.15) is 0 Å². The summed E-state index contributed by atoms with van der Waals surface area (Å²) in [6.07, 6.45) is 0. The number of hydrogen-bond donors (Lipinski definition) is 1. The van der Waals surface area contributed by atoms with Gasteiger partial charge in [0.05, 0.1) is 18.6 Å². The molecule has 2 heterocycles. The number of ether oxygens (including phenoxy) is 1. The first kappa shape index (κ1) is 14.8. The van der Waals surface area contributed by atoms with E-state index in [1.54, 1.807) is 0 Å². The van der Waals surface area contributed by atoms with Crippen LogP contribution in [0.15, 0.2) is 0 Å². The first-order valence-corrected chi connectivity index (χ1v) is 7.28. The Labute approximate surface area is 116 Å². The van der Waals surface area contributed by atoms with Gasteiger partial charge in [-0.05, 0) is 12.8 Å². The highest BCUT2D eigenvalue weighted by atomic mass is 16.5. The summed E-state index contributed by atoms with van der Waals surface area (Å²) in [7, 11) is 0. The third-order valence-corrected chi connectivity index (χ3v) is 4.29. The maximum absolute atomic E-state index is 12.6. The van der Waals surface area contributed by atoms with Crippen molar-refractivity contribution in [2.24, 2.45) is 17.1 Å². The number of piperazine rings is 1. The minimum atomic E-state index is -0.528. The third kappa shape index (κ3) is 3.09. The molecule has 0 aromatic heterocycles. The van der Waals surface area contributed by atoms with Gasteiger partial charge >= 0.3 is 0 Å². The van der Waals surface area contributed by atoms with Crippen LogP contribution in [0, 0.1) is 11.3 Å². The van der Waals surface area contributed by atoms with Crippen LogP contribution >= 0.6 is 0 Å². The average Bonchev–Trinajstić information content (AvgIpc) is 2.70. The van der Waals surface area contributed by atoms with Crippen molar-refractivity contribution in [1.29, 1.82) is 0 Å². The lowest BCUT2D eigenvalue weighted by atomic mass is 9.84. The highest BCUT2D eigenvalue weighted by molar-refractivity contribution is 5.83. The Morgan fingerprint density at radius 2 is 2.00 bits per heavy atom. The topological polar surface area (TPSA) is 58.8 Å². The predicted octanol–water partition coefficient (Wildman–Crippen LogP) is 0.150. The summed E-state index contributed by atoms with van der Waals surface area (Å²) in [4.78, 5) is 17.0. The molecule has 5 nitrogen and oxygen atoms in total. The van der Waals surface area contributed by atoms with Gasteiger partial charge in [-0.15, -0.1) is 0 Å². The monoisotopic (exact) mass is 269 g/mol. The Kier molecular flexibility index (Phi) is 4.48. The highest BCUT2D eigenvalue weighted by Crippen LogP contribution is 2.29. The molecule has 2 fully saturated rings. The molecule has 2 atom stereocenters. The van der Waals surface area contributed by atoms with Crippen LogP contribution in [0.25, 0.3) is 0 Å². The van der Waals surface area contributed by atoms with E-state index in [1.807, 2.05) is 11.8 Å². The van der Waals surface area contributed by atoms with Crippen LogP contribution in [0.1, 0.15) is 20.8 Å². The molecule has 2 N–H and O–H groups in total. The second-order valence-corrected chi connectivity index (χ2v) is 6.53. The Morgan fingerprint density at radius 1 is 1.37 bits per heavy atom. The van der Waals surface area contributed by atoms with Crippen molar-refractivity contribution < 1.29 is 9.53 Å². The summed E-state index contributed by atoms with van der Waals surface area (Å²) in [5, 5.41) is 0. The van der Waals surface area contributed by atoms with Gasteiger partial charge in [0, 0.05) is 38.8 Å². The fourth-order valence-corrected chi connectivity index (χ4v) is 2.92. The summed E-state index contributed by atoms with van der Waals surface area (Å²) in [6.45, 7) is 12.0. The quantitative estimate of drug-likeness (QED) is 0.792. The van der Waals surface area contributed by atoms with Gasteiger partial charge in [-0.1, -0.05) is 13.8 Å². The maximum Gasteiger partial charge on any atom is 0.232 e. The lowest BCUT2D eigenvalue weighted by Crippen LogP contribution is -2.56. The zero-order chi connectivity index (χ0) is 14.0. The SMILES string of the molecule is CC(C)CN1CCN(C(=O)C2(C)COCC2N)CC1. The van der Waals surface area contributed by atoms with Crippen molar-refractivity contribution in [3.8, 4) is 0 Å². The fraction of sp³-hybridized carbons (Fsp3) is 0.929. The molecule has 1 amide bonds. The highest BCUT2D eigenvalue weighted by Gasteiger charge is 2.46. The molecule has 2 aliphatic heterocycles. The number of carbonyl (C=O) groups excluding carboxylic acids is 1. The minimum absolute atomic E-state index is 0.168. The number of rotatable bonds is 3. The van der Waals surface area contributed by atoms with Crippen molar-refractivity contribution >= 4 is 5.91 Å². The molecular weight excluding hydrogens is 242 g/mol. The van der Waals surface area contributed by atoms with Crippen LogP contribution < -0.4 is 5.73 Å². The molecule has 0 aromatic carbocycles. The molecule has 0 bridgehead atoms. The Morgan fingerprint density at radius 3 is 2.47 bits per heavy atom. The molecule has 5 heteroatoms. The molecule has 0 aromatic rings. The van der Waals surface area contributed by atoms with Crippen molar-refractivity contribution in [3.63, 3.8) is 0 Å². The Hall–Kier alpha value is -0.650. The van der Waals surface area contributed by atoms with E-state index < -0.39 is 5.41 Å². The molecule has 2 saturated heterocycles. The minimum Gasteiger partial charge on any atom is -0.379 e. The van der Waals surface area contributed by atoms with Crippen LogP contribution in [-0.4, -0.2) is 67.7 Å². The fourth-order valence-electron chi connectivity index (χ4n) is 2.92. The molecule has 0 spiro atoms. The molecule has 2 aliphatic rings. The van der Waals surface area contributed by atoms with Crippen molar-refractivity contribution in [3.05, 3.63) is 0 Å². The van der Waals surface area contributed by atoms with Crippen LogP contribution in [-0.2, 0) is 9.53 Å². The van der Waals surface area contributed by atoms with Gasteiger partial charge in [0.2, 0.25) is 5.91 Å². The second-order valence-electron chi connectivity index (χ2n) is 6.53. The van der Waals surface area contributed by atoms with E-state index in [0.717, 1.165) is 32.7 Å². The van der Waals surface area contributed by atoms with E-state index in [2.05, 4.69) is 18.7 Å². The molecular formula is C14H27N3O2. The molecule has 110 valence electrons. The van der Waals surface area contributed by atoms with Crippen molar-refractivity contribution in [2.75, 3.05) is 45.9 Å². The number of carbonyl (C=O) groups is 1. The first-order chi connectivity index (χ1) is 8.93. The number of amides is 1. The normalized spacial score (nSPS) is 33.1. The van der Waals surface area contributed by atoms with Crippen molar-refractivity contribution in [2.45, 2.75) is 26.8 Å². The van der Waals surface area contributed by atoms with E-state index in [-0.39, 0.29) is 11.9 Å². The number of hydrogen-bond acceptors (Lipinski definition) is 4. The third-order valence-electron chi connectivity index (χ3n) is 4.29. The lowest BCUT2D eigenvalue weighted by molar-refractivity contribution is -0.143. The number of nitrogens with two attached hydrogens (primary N) is 1. The summed E-state index contributed by atoms with van der Waals surface area (Å²) in [5.41, 5.74) is 5.50. The van der Waals surface area contributed by atoms with Gasteiger partial charge in [0.25, 0.3) is 0 Å². The Bertz CT molecular complexity index is 327. The van der Waals surface area contributed by atoms with E-state index in [0.29, 0.717) is 19.1 Å². The summed E-state index contributed by atoms with van der Waals surface area (Å²) >= 11 is 0. The maximum atomic E-state index is 12.6.